The lowest BCUT2D eigenvalue weighted by Gasteiger charge is -2.19. The third-order valence-electron chi connectivity index (χ3n) is 5.34. The van der Waals surface area contributed by atoms with Crippen molar-refractivity contribution >= 4 is 17.5 Å². The van der Waals surface area contributed by atoms with E-state index in [0.29, 0.717) is 29.5 Å². The minimum absolute atomic E-state index is 0.0461. The summed E-state index contributed by atoms with van der Waals surface area (Å²) in [7, 11) is 0. The molecule has 4 nitrogen and oxygen atoms in total. The Morgan fingerprint density at radius 3 is 1.97 bits per heavy atom. The molecule has 5 heteroatoms. The average Bonchev–Trinajstić information content (AvgIpc) is 3.08. The van der Waals surface area contributed by atoms with Gasteiger partial charge in [0.2, 0.25) is 0 Å². The molecule has 31 heavy (non-hydrogen) atoms. The quantitative estimate of drug-likeness (QED) is 0.424. The first-order chi connectivity index (χ1) is 15.1. The van der Waals surface area contributed by atoms with Crippen LogP contribution in [0, 0.1) is 6.92 Å². The summed E-state index contributed by atoms with van der Waals surface area (Å²) in [5, 5.41) is 7.93. The average molecular weight is 430 g/mol. The monoisotopic (exact) mass is 429 g/mol. The number of carbonyl (C=O) groups is 1. The van der Waals surface area contributed by atoms with Gasteiger partial charge in [0, 0.05) is 12.5 Å². The maximum absolute atomic E-state index is 13.1. The van der Waals surface area contributed by atoms with E-state index in [1.807, 2.05) is 73.7 Å². The van der Waals surface area contributed by atoms with Crippen LogP contribution in [0.25, 0.3) is 0 Å². The van der Waals surface area contributed by atoms with Gasteiger partial charge in [0.1, 0.15) is 5.15 Å². The lowest BCUT2D eigenvalue weighted by atomic mass is 9.91. The Labute approximate surface area is 187 Å². The van der Waals surface area contributed by atoms with E-state index in [9.17, 15) is 4.79 Å². The molecule has 0 bridgehead atoms. The minimum Gasteiger partial charge on any atom is -0.351 e. The van der Waals surface area contributed by atoms with E-state index in [4.69, 9.17) is 11.6 Å². The summed E-state index contributed by atoms with van der Waals surface area (Å²) >= 11 is 6.56. The number of aryl methyl sites for hydroxylation is 1. The topological polar surface area (TPSA) is 46.9 Å². The number of halogens is 1. The highest BCUT2D eigenvalue weighted by molar-refractivity contribution is 6.33. The van der Waals surface area contributed by atoms with Gasteiger partial charge in [-0.2, -0.15) is 5.10 Å². The first-order valence-corrected chi connectivity index (χ1v) is 10.7. The number of benzene rings is 3. The van der Waals surface area contributed by atoms with E-state index in [1.54, 1.807) is 4.68 Å². The second-order valence-electron chi connectivity index (χ2n) is 7.48. The molecule has 1 heterocycles. The SMILES string of the molecule is Cc1nn(Cc2ccccc2)c(Cl)c1C(=O)NCC(c1ccccc1)c1ccccc1. The number of amides is 1. The van der Waals surface area contributed by atoms with Gasteiger partial charge in [-0.25, -0.2) is 4.68 Å². The fraction of sp³-hybridized carbons (Fsp3) is 0.154. The summed E-state index contributed by atoms with van der Waals surface area (Å²) in [4.78, 5) is 13.1. The molecule has 0 spiro atoms. The van der Waals surface area contributed by atoms with Crippen molar-refractivity contribution in [3.63, 3.8) is 0 Å². The molecule has 0 aliphatic heterocycles. The maximum Gasteiger partial charge on any atom is 0.256 e. The smallest absolute Gasteiger partial charge is 0.256 e. The summed E-state index contributed by atoms with van der Waals surface area (Å²) in [5.41, 5.74) is 4.42. The zero-order valence-electron chi connectivity index (χ0n) is 17.3. The van der Waals surface area contributed by atoms with E-state index in [0.717, 1.165) is 16.7 Å². The zero-order valence-corrected chi connectivity index (χ0v) is 18.1. The van der Waals surface area contributed by atoms with Gasteiger partial charge in [-0.1, -0.05) is 103 Å². The van der Waals surface area contributed by atoms with Gasteiger partial charge >= 0.3 is 0 Å². The fourth-order valence-electron chi connectivity index (χ4n) is 3.75. The summed E-state index contributed by atoms with van der Waals surface area (Å²) < 4.78 is 1.67. The number of nitrogens with one attached hydrogen (secondary N) is 1. The van der Waals surface area contributed by atoms with E-state index in [1.165, 1.54) is 0 Å². The van der Waals surface area contributed by atoms with Gasteiger partial charge < -0.3 is 5.32 Å². The van der Waals surface area contributed by atoms with Crippen LogP contribution in [0.1, 0.15) is 38.7 Å². The lowest BCUT2D eigenvalue weighted by Crippen LogP contribution is -2.29. The summed E-state index contributed by atoms with van der Waals surface area (Å²) in [6.45, 7) is 2.80. The van der Waals surface area contributed by atoms with Crippen molar-refractivity contribution in [3.05, 3.63) is 124 Å². The number of rotatable bonds is 7. The van der Waals surface area contributed by atoms with Crippen molar-refractivity contribution in [2.75, 3.05) is 6.54 Å². The standard InChI is InChI=1S/C26H24ClN3O/c1-19-24(25(27)30(29-19)18-20-11-5-2-6-12-20)26(31)28-17-23(21-13-7-3-8-14-21)22-15-9-4-10-16-22/h2-16,23H,17-18H2,1H3,(H,28,31). The third-order valence-corrected chi connectivity index (χ3v) is 5.72. The predicted molar refractivity (Wildman–Crippen MR) is 125 cm³/mol. The minimum atomic E-state index is -0.210. The van der Waals surface area contributed by atoms with Gasteiger partial charge in [-0.15, -0.1) is 0 Å². The Bertz CT molecular complexity index is 1100. The third kappa shape index (κ3) is 4.86. The molecule has 0 aliphatic carbocycles. The van der Waals surface area contributed by atoms with Crippen molar-refractivity contribution < 1.29 is 4.79 Å². The van der Waals surface area contributed by atoms with Crippen molar-refractivity contribution in [2.24, 2.45) is 0 Å². The number of aromatic nitrogens is 2. The fourth-order valence-corrected chi connectivity index (χ4v) is 4.07. The second kappa shape index (κ2) is 9.63. The van der Waals surface area contributed by atoms with Crippen LogP contribution in [-0.2, 0) is 6.54 Å². The molecule has 0 saturated carbocycles. The zero-order chi connectivity index (χ0) is 21.6. The van der Waals surface area contributed by atoms with Gasteiger partial charge in [0.15, 0.2) is 0 Å². The Morgan fingerprint density at radius 1 is 0.903 bits per heavy atom. The van der Waals surface area contributed by atoms with Crippen molar-refractivity contribution in [1.29, 1.82) is 0 Å². The molecule has 1 N–H and O–H groups in total. The molecule has 3 aromatic carbocycles. The number of hydrogen-bond acceptors (Lipinski definition) is 2. The molecule has 4 aromatic rings. The molecular weight excluding hydrogens is 406 g/mol. The highest BCUT2D eigenvalue weighted by Crippen LogP contribution is 2.25. The van der Waals surface area contributed by atoms with Crippen LogP contribution in [0.15, 0.2) is 91.0 Å². The van der Waals surface area contributed by atoms with Crippen LogP contribution >= 0.6 is 11.6 Å². The molecule has 1 aromatic heterocycles. The Morgan fingerprint density at radius 2 is 1.42 bits per heavy atom. The lowest BCUT2D eigenvalue weighted by molar-refractivity contribution is 0.0952. The molecule has 0 saturated heterocycles. The first-order valence-electron chi connectivity index (χ1n) is 10.3. The highest BCUT2D eigenvalue weighted by Gasteiger charge is 2.22. The second-order valence-corrected chi connectivity index (χ2v) is 7.84. The van der Waals surface area contributed by atoms with Crippen LogP contribution in [0.4, 0.5) is 0 Å². The van der Waals surface area contributed by atoms with Crippen LogP contribution in [-0.4, -0.2) is 22.2 Å². The number of hydrogen-bond donors (Lipinski definition) is 1. The summed E-state index contributed by atoms with van der Waals surface area (Å²) in [6, 6.07) is 30.3. The van der Waals surface area contributed by atoms with Crippen molar-refractivity contribution in [1.82, 2.24) is 15.1 Å². The van der Waals surface area contributed by atoms with Gasteiger partial charge in [-0.05, 0) is 23.6 Å². The Kier molecular flexibility index (Phi) is 6.48. The van der Waals surface area contributed by atoms with Crippen molar-refractivity contribution in [2.45, 2.75) is 19.4 Å². The largest absolute Gasteiger partial charge is 0.351 e. The van der Waals surface area contributed by atoms with Crippen molar-refractivity contribution in [3.8, 4) is 0 Å². The van der Waals surface area contributed by atoms with Crippen LogP contribution in [0.3, 0.4) is 0 Å². The van der Waals surface area contributed by atoms with Crippen LogP contribution in [0.2, 0.25) is 5.15 Å². The molecular formula is C26H24ClN3O. The number of nitrogens with zero attached hydrogens (tertiary/aromatic N) is 2. The molecule has 0 fully saturated rings. The maximum atomic E-state index is 13.1. The van der Waals surface area contributed by atoms with Gasteiger partial charge in [0.25, 0.3) is 5.91 Å². The molecule has 0 radical (unpaired) electrons. The van der Waals surface area contributed by atoms with E-state index in [-0.39, 0.29) is 11.8 Å². The molecule has 0 atom stereocenters. The first kappa shape index (κ1) is 20.9. The summed E-state index contributed by atoms with van der Waals surface area (Å²) in [5.74, 6) is -0.163. The molecule has 0 unspecified atom stereocenters. The van der Waals surface area contributed by atoms with E-state index >= 15 is 0 Å². The highest BCUT2D eigenvalue weighted by atomic mass is 35.5. The molecule has 156 valence electrons. The Hall–Kier alpha value is -3.37. The molecule has 4 rings (SSSR count). The predicted octanol–water partition coefficient (Wildman–Crippen LogP) is 5.46. The van der Waals surface area contributed by atoms with E-state index < -0.39 is 0 Å². The molecule has 1 amide bonds. The Balaban J connectivity index is 1.53. The number of carbonyl (C=O) groups excluding carboxylic acids is 1. The van der Waals surface area contributed by atoms with Crippen LogP contribution in [0.5, 0.6) is 0 Å². The van der Waals surface area contributed by atoms with Gasteiger partial charge in [-0.3, -0.25) is 4.79 Å². The molecule has 0 aliphatic rings. The van der Waals surface area contributed by atoms with Crippen LogP contribution < -0.4 is 5.32 Å². The van der Waals surface area contributed by atoms with Gasteiger partial charge in [0.05, 0.1) is 17.8 Å². The normalized spacial score (nSPS) is 10.9. The van der Waals surface area contributed by atoms with E-state index in [2.05, 4.69) is 34.7 Å². The summed E-state index contributed by atoms with van der Waals surface area (Å²) in [6.07, 6.45) is 0.